The summed E-state index contributed by atoms with van der Waals surface area (Å²) in [6, 6.07) is 5.77. The van der Waals surface area contributed by atoms with Crippen LogP contribution in [0.25, 0.3) is 0 Å². The van der Waals surface area contributed by atoms with E-state index in [1.807, 2.05) is 52.3 Å². The van der Waals surface area contributed by atoms with E-state index >= 15 is 0 Å². The van der Waals surface area contributed by atoms with Gasteiger partial charge in [0.2, 0.25) is 0 Å². The van der Waals surface area contributed by atoms with Crippen molar-refractivity contribution in [1.82, 2.24) is 4.98 Å². The van der Waals surface area contributed by atoms with E-state index in [1.54, 1.807) is 27.8 Å². The largest absolute Gasteiger partial charge is 0.652 e. The van der Waals surface area contributed by atoms with Gasteiger partial charge < -0.3 is 16.0 Å². The Bertz CT molecular complexity index is 405. The number of hydrogen-bond acceptors (Lipinski definition) is 7. The fraction of sp³-hybridized carbons (Fsp3) is 0.500. The van der Waals surface area contributed by atoms with Gasteiger partial charge in [0.25, 0.3) is 0 Å². The Labute approximate surface area is 171 Å². The summed E-state index contributed by atoms with van der Waals surface area (Å²) in [6.07, 6.45) is 3.76. The van der Waals surface area contributed by atoms with Crippen LogP contribution in [0.1, 0.15) is 27.7 Å². The summed E-state index contributed by atoms with van der Waals surface area (Å²) in [5, 5.41) is 9.76. The number of pyridine rings is 1. The van der Waals surface area contributed by atoms with Crippen LogP contribution in [0.4, 0.5) is 0 Å². The Balaban J connectivity index is -0.000000427. The maximum atomic E-state index is 9.95. The van der Waals surface area contributed by atoms with Crippen molar-refractivity contribution < 1.29 is 47.2 Å². The number of hydrogen-bond donors (Lipinski definition) is 0. The minimum Gasteiger partial charge on any atom is -0.652 e. The van der Waals surface area contributed by atoms with Gasteiger partial charge in [-0.15, -0.1) is 0 Å². The third-order valence-electron chi connectivity index (χ3n) is 1.47. The van der Waals surface area contributed by atoms with Crippen molar-refractivity contribution >= 4 is 28.1 Å². The van der Waals surface area contributed by atoms with Gasteiger partial charge in [-0.1, -0.05) is 23.3 Å². The van der Waals surface area contributed by atoms with E-state index in [9.17, 15) is 4.79 Å². The molecule has 23 heavy (non-hydrogen) atoms. The molecule has 129 valence electrons. The number of rotatable bonds is 6. The topological polar surface area (TPSA) is 82.3 Å². The minimum atomic E-state index is -0.500. The van der Waals surface area contributed by atoms with E-state index in [1.165, 1.54) is 6.47 Å². The summed E-state index contributed by atoms with van der Waals surface area (Å²) in [5.41, 5.74) is 0. The molecular formula is C14H22N2O4S2Y-2. The molecule has 0 saturated carbocycles. The minimum absolute atomic E-state index is 0. The maximum Gasteiger partial charge on any atom is 0.194 e. The molecular weight excluding hydrogens is 413 g/mol. The van der Waals surface area contributed by atoms with E-state index in [2.05, 4.69) is 9.72 Å². The molecule has 1 heterocycles. The van der Waals surface area contributed by atoms with Crippen molar-refractivity contribution in [3.05, 3.63) is 40.9 Å². The fourth-order valence-corrected chi connectivity index (χ4v) is 2.81. The van der Waals surface area contributed by atoms with Crippen LogP contribution in [0.5, 0.6) is 0 Å². The van der Waals surface area contributed by atoms with Gasteiger partial charge in [-0.05, 0) is 36.8 Å². The molecule has 0 unspecified atom stereocenters. The van der Waals surface area contributed by atoms with Crippen molar-refractivity contribution in [1.29, 1.82) is 0 Å². The zero-order chi connectivity index (χ0) is 17.4. The molecule has 9 heteroatoms. The van der Waals surface area contributed by atoms with Crippen molar-refractivity contribution in [2.75, 3.05) is 13.7 Å². The van der Waals surface area contributed by atoms with Gasteiger partial charge in [0.05, 0.1) is 11.4 Å². The van der Waals surface area contributed by atoms with E-state index < -0.39 is 4.92 Å². The molecule has 6 nitrogen and oxygen atoms in total. The Morgan fingerprint density at radius 2 is 1.96 bits per heavy atom. The first-order chi connectivity index (χ1) is 10.3. The fourth-order valence-electron chi connectivity index (χ4n) is 0.779. The summed E-state index contributed by atoms with van der Waals surface area (Å²) in [6.45, 7) is 9.79. The molecule has 0 aliphatic rings. The van der Waals surface area contributed by atoms with Crippen molar-refractivity contribution in [2.45, 2.75) is 37.5 Å². The van der Waals surface area contributed by atoms with Gasteiger partial charge in [0.1, 0.15) is 5.03 Å². The molecule has 0 aromatic carbocycles. The zero-order valence-electron chi connectivity index (χ0n) is 14.0. The molecule has 1 rings (SSSR count). The molecule has 1 aromatic rings. The quantitative estimate of drug-likeness (QED) is 0.291. The molecule has 0 aliphatic heterocycles. The SMILES string of the molecule is CC(C)(CO[C-]=O)SSc1ccccn1.C[CH-]C.C[N+](=O)[O-].[Y]. The predicted molar refractivity (Wildman–Crippen MR) is 92.0 cm³/mol. The molecule has 0 saturated heterocycles. The van der Waals surface area contributed by atoms with Crippen LogP contribution in [0.15, 0.2) is 29.4 Å². The molecule has 0 amide bonds. The van der Waals surface area contributed by atoms with E-state index in [4.69, 9.17) is 10.1 Å². The molecule has 0 fully saturated rings. The zero-order valence-corrected chi connectivity index (χ0v) is 18.5. The standard InChI is InChI=1S/C10H12NO2S2.C3H7.CH3NO2.Y/c1-10(2,7-13-8-12)15-14-9-5-3-4-6-11-9;1-3-2;1-2(3)4;/h3-6H,7H2,1-2H3;3H,1-2H3;1H3;/q2*-1;;. The van der Waals surface area contributed by atoms with Gasteiger partial charge in [0, 0.05) is 43.8 Å². The van der Waals surface area contributed by atoms with Crippen LogP contribution < -0.4 is 0 Å². The Kier molecular flexibility index (Phi) is 21.8. The van der Waals surface area contributed by atoms with Crippen molar-refractivity contribution in [2.24, 2.45) is 0 Å². The normalized spacial score (nSPS) is 9.09. The first kappa shape index (κ1) is 27.7. The van der Waals surface area contributed by atoms with Gasteiger partial charge in [0.15, 0.2) is 7.05 Å². The van der Waals surface area contributed by atoms with E-state index in [-0.39, 0.29) is 37.5 Å². The Hall–Kier alpha value is -0.176. The van der Waals surface area contributed by atoms with Crippen LogP contribution in [0, 0.1) is 16.5 Å². The van der Waals surface area contributed by atoms with E-state index in [0.29, 0.717) is 6.61 Å². The van der Waals surface area contributed by atoms with Gasteiger partial charge in [-0.3, -0.25) is 10.1 Å². The van der Waals surface area contributed by atoms with Crippen molar-refractivity contribution in [3.8, 4) is 0 Å². The number of nitro groups is 1. The van der Waals surface area contributed by atoms with E-state index in [0.717, 1.165) is 12.1 Å². The summed E-state index contributed by atoms with van der Waals surface area (Å²) >= 11 is 0. The molecule has 0 aliphatic carbocycles. The average Bonchev–Trinajstić information content (AvgIpc) is 2.45. The molecule has 1 aromatic heterocycles. The molecule has 0 atom stereocenters. The summed E-state index contributed by atoms with van der Waals surface area (Å²) in [7, 11) is 4.08. The number of ether oxygens (including phenoxy) is 1. The summed E-state index contributed by atoms with van der Waals surface area (Å²) in [4.78, 5) is 22.4. The van der Waals surface area contributed by atoms with Gasteiger partial charge in [-0.2, -0.15) is 13.8 Å². The first-order valence-corrected chi connectivity index (χ1v) is 8.51. The Morgan fingerprint density at radius 1 is 1.43 bits per heavy atom. The van der Waals surface area contributed by atoms with Crippen LogP contribution in [-0.4, -0.2) is 34.8 Å². The second kappa shape index (κ2) is 18.2. The third kappa shape index (κ3) is 24.2. The second-order valence-corrected chi connectivity index (χ2v) is 7.34. The Morgan fingerprint density at radius 3 is 2.35 bits per heavy atom. The smallest absolute Gasteiger partial charge is 0.194 e. The molecule has 1 radical (unpaired) electrons. The van der Waals surface area contributed by atoms with Gasteiger partial charge in [-0.25, -0.2) is 4.98 Å². The predicted octanol–water partition coefficient (Wildman–Crippen LogP) is 3.81. The average molecular weight is 435 g/mol. The summed E-state index contributed by atoms with van der Waals surface area (Å²) in [5.74, 6) is 0. The van der Waals surface area contributed by atoms with Gasteiger partial charge >= 0.3 is 0 Å². The second-order valence-electron chi connectivity index (χ2n) is 4.48. The van der Waals surface area contributed by atoms with Crippen LogP contribution in [-0.2, 0) is 42.2 Å². The van der Waals surface area contributed by atoms with Crippen LogP contribution >= 0.6 is 21.6 Å². The monoisotopic (exact) mass is 435 g/mol. The molecule has 0 N–H and O–H groups in total. The van der Waals surface area contributed by atoms with Crippen molar-refractivity contribution in [3.63, 3.8) is 0 Å². The first-order valence-electron chi connectivity index (χ1n) is 6.36. The third-order valence-corrected chi connectivity index (χ3v) is 4.65. The molecule has 0 spiro atoms. The number of nitrogens with zero attached hydrogens (tertiary/aromatic N) is 2. The van der Waals surface area contributed by atoms with Crippen LogP contribution in [0.3, 0.4) is 0 Å². The number of aromatic nitrogens is 1. The van der Waals surface area contributed by atoms with Crippen LogP contribution in [0.2, 0.25) is 0 Å². The molecule has 0 bridgehead atoms. The maximum absolute atomic E-state index is 9.95. The number of carbonyl (C=O) groups excluding carboxylic acids is 1. The summed E-state index contributed by atoms with van der Waals surface area (Å²) < 4.78 is 4.49.